The second-order valence-corrected chi connectivity index (χ2v) is 13.4. The van der Waals surface area contributed by atoms with Gasteiger partial charge in [0.15, 0.2) is 0 Å². The van der Waals surface area contributed by atoms with Crippen molar-refractivity contribution in [3.63, 3.8) is 0 Å². The maximum atomic E-state index is 2.65. The van der Waals surface area contributed by atoms with Crippen molar-refractivity contribution in [2.24, 2.45) is 58.2 Å². The molecule has 3 fully saturated rings. The zero-order valence-electron chi connectivity index (χ0n) is 20.7. The van der Waals surface area contributed by atoms with Crippen LogP contribution >= 0.6 is 0 Å². The Hall–Kier alpha value is 0. The topological polar surface area (TPSA) is 0 Å². The van der Waals surface area contributed by atoms with Crippen LogP contribution in [0.5, 0.6) is 0 Å². The summed E-state index contributed by atoms with van der Waals surface area (Å²) < 4.78 is 0. The third kappa shape index (κ3) is 4.83. The lowest BCUT2D eigenvalue weighted by molar-refractivity contribution is 0.00902. The van der Waals surface area contributed by atoms with Crippen molar-refractivity contribution in [2.75, 3.05) is 0 Å². The van der Waals surface area contributed by atoms with E-state index in [1.54, 1.807) is 0 Å². The van der Waals surface area contributed by atoms with E-state index in [1.165, 1.54) is 64.2 Å². The van der Waals surface area contributed by atoms with E-state index in [9.17, 15) is 0 Å². The molecule has 3 aliphatic rings. The quantitative estimate of drug-likeness (QED) is 0.452. The zero-order chi connectivity index (χ0) is 20.7. The van der Waals surface area contributed by atoms with Gasteiger partial charge in [-0.15, -0.1) is 0 Å². The van der Waals surface area contributed by atoms with Crippen LogP contribution in [0, 0.1) is 58.2 Å². The molecule has 164 valence electrons. The molecule has 2 atom stereocenters. The Labute approximate surface area is 178 Å². The minimum atomic E-state index is 0.513. The second-order valence-electron chi connectivity index (χ2n) is 13.4. The van der Waals surface area contributed by atoms with Gasteiger partial charge in [-0.05, 0) is 122 Å². The highest BCUT2D eigenvalue weighted by Gasteiger charge is 2.43. The van der Waals surface area contributed by atoms with Crippen molar-refractivity contribution in [2.45, 2.75) is 120 Å². The molecule has 3 saturated carbocycles. The fourth-order valence-corrected chi connectivity index (χ4v) is 7.80. The molecule has 0 aromatic heterocycles. The summed E-state index contributed by atoms with van der Waals surface area (Å²) in [6, 6.07) is 0. The minimum Gasteiger partial charge on any atom is -0.0622 e. The minimum absolute atomic E-state index is 0.513. The monoisotopic (exact) mass is 388 g/mol. The highest BCUT2D eigenvalue weighted by molar-refractivity contribution is 4.93. The van der Waals surface area contributed by atoms with Crippen LogP contribution in [0.25, 0.3) is 0 Å². The predicted molar refractivity (Wildman–Crippen MR) is 124 cm³/mol. The number of hydrogen-bond donors (Lipinski definition) is 0. The first-order valence-corrected chi connectivity index (χ1v) is 13.0. The van der Waals surface area contributed by atoms with Crippen LogP contribution in [0.1, 0.15) is 120 Å². The van der Waals surface area contributed by atoms with Gasteiger partial charge in [0.2, 0.25) is 0 Å². The van der Waals surface area contributed by atoms with Gasteiger partial charge in [-0.2, -0.15) is 0 Å². The third-order valence-corrected chi connectivity index (χ3v) is 10.6. The van der Waals surface area contributed by atoms with E-state index in [0.717, 1.165) is 47.3 Å². The Kier molecular flexibility index (Phi) is 6.99. The van der Waals surface area contributed by atoms with Gasteiger partial charge in [-0.25, -0.2) is 0 Å². The summed E-state index contributed by atoms with van der Waals surface area (Å²) in [6.07, 6.45) is 15.1. The summed E-state index contributed by atoms with van der Waals surface area (Å²) in [5.74, 6) is 7.82. The maximum Gasteiger partial charge on any atom is -0.0298 e. The predicted octanol–water partition coefficient (Wildman–Crippen LogP) is 8.99. The van der Waals surface area contributed by atoms with E-state index >= 15 is 0 Å². The van der Waals surface area contributed by atoms with E-state index in [0.29, 0.717) is 10.8 Å². The molecule has 0 amide bonds. The average Bonchev–Trinajstić information content (AvgIpc) is 2.65. The fourth-order valence-electron chi connectivity index (χ4n) is 7.80. The second kappa shape index (κ2) is 8.63. The van der Waals surface area contributed by atoms with Crippen molar-refractivity contribution < 1.29 is 0 Å². The van der Waals surface area contributed by atoms with E-state index < -0.39 is 0 Å². The molecule has 28 heavy (non-hydrogen) atoms. The van der Waals surface area contributed by atoms with E-state index in [2.05, 4.69) is 55.4 Å². The van der Waals surface area contributed by atoms with Gasteiger partial charge in [0, 0.05) is 0 Å². The Morgan fingerprint density at radius 2 is 0.893 bits per heavy atom. The lowest BCUT2D eigenvalue weighted by atomic mass is 9.56. The lowest BCUT2D eigenvalue weighted by Crippen LogP contribution is -2.40. The first-order valence-electron chi connectivity index (χ1n) is 13.0. The van der Waals surface area contributed by atoms with Crippen LogP contribution in [-0.4, -0.2) is 0 Å². The lowest BCUT2D eigenvalue weighted by Gasteiger charge is -2.49. The normalized spacial score (nSPS) is 43.7. The molecule has 0 bridgehead atoms. The van der Waals surface area contributed by atoms with Crippen LogP contribution in [-0.2, 0) is 0 Å². The van der Waals surface area contributed by atoms with Gasteiger partial charge in [0.1, 0.15) is 0 Å². The largest absolute Gasteiger partial charge is 0.0622 e. The third-order valence-electron chi connectivity index (χ3n) is 10.6. The summed E-state index contributed by atoms with van der Waals surface area (Å²) in [5.41, 5.74) is 1.08. The maximum absolute atomic E-state index is 2.65. The van der Waals surface area contributed by atoms with Crippen LogP contribution in [0.4, 0.5) is 0 Å². The molecule has 0 aliphatic heterocycles. The molecule has 0 radical (unpaired) electrons. The summed E-state index contributed by atoms with van der Waals surface area (Å²) in [7, 11) is 0. The molecule has 0 heterocycles. The van der Waals surface area contributed by atoms with E-state index in [-0.39, 0.29) is 0 Å². The van der Waals surface area contributed by atoms with E-state index in [4.69, 9.17) is 0 Å². The zero-order valence-corrected chi connectivity index (χ0v) is 20.7. The van der Waals surface area contributed by atoms with Crippen molar-refractivity contribution >= 4 is 0 Å². The van der Waals surface area contributed by atoms with Crippen molar-refractivity contribution in [3.05, 3.63) is 0 Å². The molecule has 0 spiro atoms. The first kappa shape index (κ1) is 22.7. The highest BCUT2D eigenvalue weighted by atomic mass is 14.5. The van der Waals surface area contributed by atoms with E-state index in [1.807, 2.05) is 0 Å². The number of hydrogen-bond acceptors (Lipinski definition) is 0. The Bertz CT molecular complexity index is 467. The van der Waals surface area contributed by atoms with Crippen LogP contribution in [0.3, 0.4) is 0 Å². The molecule has 0 N–H and O–H groups in total. The molecule has 2 unspecified atom stereocenters. The molecule has 0 saturated heterocycles. The van der Waals surface area contributed by atoms with Crippen molar-refractivity contribution in [1.82, 2.24) is 0 Å². The average molecular weight is 389 g/mol. The molecule has 3 rings (SSSR count). The molecule has 0 aromatic rings. The molecular formula is C28H52. The number of rotatable bonds is 3. The Balaban J connectivity index is 1.51. The molecule has 0 aromatic carbocycles. The van der Waals surface area contributed by atoms with Crippen molar-refractivity contribution in [1.29, 1.82) is 0 Å². The highest BCUT2D eigenvalue weighted by Crippen LogP contribution is 2.53. The molecule has 0 heteroatoms. The Morgan fingerprint density at radius 3 is 1.32 bits per heavy atom. The van der Waals surface area contributed by atoms with Gasteiger partial charge in [-0.1, -0.05) is 55.4 Å². The SMILES string of the molecule is CC1CC(C2CCC(C(C)(C)C3CCC(C(C)(C)C)CC3)CC2)CC(C)C1C. The van der Waals surface area contributed by atoms with Crippen LogP contribution in [0.15, 0.2) is 0 Å². The van der Waals surface area contributed by atoms with Crippen LogP contribution in [0.2, 0.25) is 0 Å². The summed E-state index contributed by atoms with van der Waals surface area (Å²) in [4.78, 5) is 0. The van der Waals surface area contributed by atoms with Crippen LogP contribution < -0.4 is 0 Å². The standard InChI is InChI=1S/C28H52/c1-19-17-23(18-20(2)21(19)3)22-9-11-25(12-10-22)28(7,8)26-15-13-24(14-16-26)27(4,5)6/h19-26H,9-18H2,1-8H3. The smallest absolute Gasteiger partial charge is 0.0298 e. The van der Waals surface area contributed by atoms with Crippen molar-refractivity contribution in [3.8, 4) is 0 Å². The van der Waals surface area contributed by atoms with Gasteiger partial charge in [0.25, 0.3) is 0 Å². The van der Waals surface area contributed by atoms with Gasteiger partial charge in [0.05, 0.1) is 0 Å². The van der Waals surface area contributed by atoms with Gasteiger partial charge >= 0.3 is 0 Å². The molecular weight excluding hydrogens is 336 g/mol. The first-order chi connectivity index (χ1) is 13.0. The summed E-state index contributed by atoms with van der Waals surface area (Å²) in [6.45, 7) is 20.2. The van der Waals surface area contributed by atoms with Gasteiger partial charge < -0.3 is 0 Å². The summed E-state index contributed by atoms with van der Waals surface area (Å²) >= 11 is 0. The summed E-state index contributed by atoms with van der Waals surface area (Å²) in [5, 5.41) is 0. The molecule has 0 nitrogen and oxygen atoms in total. The van der Waals surface area contributed by atoms with Gasteiger partial charge in [-0.3, -0.25) is 0 Å². The molecule has 3 aliphatic carbocycles. The Morgan fingerprint density at radius 1 is 0.500 bits per heavy atom. The fraction of sp³-hybridized carbons (Fsp3) is 1.00.